The van der Waals surface area contributed by atoms with E-state index < -0.39 is 41.2 Å². The third-order valence-electron chi connectivity index (χ3n) is 12.9. The number of hydrogen-bond acceptors (Lipinski definition) is 10. The van der Waals surface area contributed by atoms with Crippen molar-refractivity contribution < 1.29 is 39.4 Å². The number of aliphatic hydroxyl groups excluding tert-OH is 2. The molecule has 0 amide bonds. The highest BCUT2D eigenvalue weighted by molar-refractivity contribution is 5.85. The fraction of sp³-hybridized carbons (Fsp3) is 0.743. The number of cyclic esters (lactones) is 1. The highest BCUT2D eigenvalue weighted by Crippen LogP contribution is 2.70. The Morgan fingerprint density at radius 1 is 1.09 bits per heavy atom. The average molecular weight is 625 g/mol. The lowest BCUT2D eigenvalue weighted by atomic mass is 9.41. The Balaban J connectivity index is 1.17. The van der Waals surface area contributed by atoms with Crippen LogP contribution in [-0.2, 0) is 25.5 Å². The maximum absolute atomic E-state index is 12.7. The first-order valence-electron chi connectivity index (χ1n) is 16.9. The highest BCUT2D eigenvalue weighted by Gasteiger charge is 2.71. The van der Waals surface area contributed by atoms with Gasteiger partial charge in [0.2, 0.25) is 0 Å². The van der Waals surface area contributed by atoms with E-state index in [0.717, 1.165) is 30.5 Å². The number of pyridine rings is 1. The maximum atomic E-state index is 12.7. The summed E-state index contributed by atoms with van der Waals surface area (Å²) >= 11 is 0. The van der Waals surface area contributed by atoms with E-state index >= 15 is 0 Å². The van der Waals surface area contributed by atoms with Crippen molar-refractivity contribution in [3.63, 3.8) is 0 Å². The van der Waals surface area contributed by atoms with E-state index in [9.17, 15) is 25.2 Å². The Morgan fingerprint density at radius 2 is 1.91 bits per heavy atom. The first-order valence-corrected chi connectivity index (χ1v) is 16.9. The van der Waals surface area contributed by atoms with E-state index in [2.05, 4.69) is 11.9 Å². The molecule has 0 spiro atoms. The van der Waals surface area contributed by atoms with E-state index in [1.807, 2.05) is 24.4 Å². The van der Waals surface area contributed by atoms with Crippen LogP contribution in [0.3, 0.4) is 0 Å². The van der Waals surface area contributed by atoms with Gasteiger partial charge in [-0.15, -0.1) is 0 Å². The van der Waals surface area contributed by atoms with Gasteiger partial charge < -0.3 is 34.6 Å². The SMILES string of the molecule is C[C@H]1O[C@@H](O[C@H]2CC[C@]3(C=NCc4ccccn4)[C@@H]4CC[C@]5(C)[C@H](C6=CC(=O)OC6)CC[C@]5(O)[C@H]4CC[C@@]3(O)C2)C[C@@H](O)[C@@H]1O. The second kappa shape index (κ2) is 11.5. The second-order valence-electron chi connectivity index (χ2n) is 15.0. The maximum Gasteiger partial charge on any atom is 0.331 e. The van der Waals surface area contributed by atoms with Crippen LogP contribution in [0.4, 0.5) is 0 Å². The molecule has 4 saturated carbocycles. The molecule has 0 radical (unpaired) electrons. The topological polar surface area (TPSA) is 151 Å². The Hall–Kier alpha value is -2.21. The highest BCUT2D eigenvalue weighted by atomic mass is 16.7. The molecule has 0 aromatic carbocycles. The van der Waals surface area contributed by atoms with Crippen LogP contribution in [0.15, 0.2) is 41.0 Å². The number of carbonyl (C=O) groups excluding carboxylic acids is 1. The van der Waals surface area contributed by atoms with Gasteiger partial charge in [0.15, 0.2) is 6.29 Å². The summed E-state index contributed by atoms with van der Waals surface area (Å²) in [5.41, 5.74) is -1.19. The number of fused-ring (bicyclic) bond motifs is 5. The molecule has 12 atom stereocenters. The van der Waals surface area contributed by atoms with Gasteiger partial charge in [-0.1, -0.05) is 13.0 Å². The third-order valence-corrected chi connectivity index (χ3v) is 12.9. The number of nitrogens with zero attached hydrogens (tertiary/aromatic N) is 2. The molecular weight excluding hydrogens is 576 g/mol. The Bertz CT molecular complexity index is 1330. The monoisotopic (exact) mass is 624 g/mol. The largest absolute Gasteiger partial charge is 0.458 e. The van der Waals surface area contributed by atoms with Crippen molar-refractivity contribution in [2.75, 3.05) is 6.61 Å². The molecule has 246 valence electrons. The van der Waals surface area contributed by atoms with Crippen molar-refractivity contribution in [1.82, 2.24) is 4.98 Å². The van der Waals surface area contributed by atoms with Crippen LogP contribution in [0.1, 0.15) is 83.7 Å². The number of aliphatic hydroxyl groups is 4. The van der Waals surface area contributed by atoms with E-state index in [1.54, 1.807) is 19.2 Å². The summed E-state index contributed by atoms with van der Waals surface area (Å²) in [6.45, 7) is 4.66. The van der Waals surface area contributed by atoms with Gasteiger partial charge in [0.25, 0.3) is 0 Å². The lowest BCUT2D eigenvalue weighted by Crippen LogP contribution is -2.69. The lowest BCUT2D eigenvalue weighted by Gasteiger charge is -2.66. The molecule has 1 aromatic rings. The van der Waals surface area contributed by atoms with Crippen LogP contribution in [0, 0.1) is 28.6 Å². The third kappa shape index (κ3) is 5.02. The van der Waals surface area contributed by atoms with Gasteiger partial charge in [0, 0.05) is 42.2 Å². The summed E-state index contributed by atoms with van der Waals surface area (Å²) in [6, 6.07) is 5.78. The van der Waals surface area contributed by atoms with Crippen LogP contribution in [-0.4, -0.2) is 86.1 Å². The minimum atomic E-state index is -1.10. The van der Waals surface area contributed by atoms with Crippen molar-refractivity contribution in [3.05, 3.63) is 41.7 Å². The number of rotatable bonds is 6. The Kier molecular flexibility index (Phi) is 8.02. The molecule has 0 bridgehead atoms. The van der Waals surface area contributed by atoms with Gasteiger partial charge in [-0.05, 0) is 93.7 Å². The van der Waals surface area contributed by atoms with Crippen LogP contribution in [0.2, 0.25) is 0 Å². The number of esters is 1. The van der Waals surface area contributed by atoms with Crippen LogP contribution >= 0.6 is 0 Å². The predicted molar refractivity (Wildman–Crippen MR) is 164 cm³/mol. The molecule has 45 heavy (non-hydrogen) atoms. The number of aromatic nitrogens is 1. The molecule has 1 aromatic heterocycles. The molecule has 6 aliphatic rings. The molecule has 0 unspecified atom stereocenters. The normalized spacial score (nSPS) is 48.0. The fourth-order valence-corrected chi connectivity index (χ4v) is 10.6. The molecule has 10 heteroatoms. The summed E-state index contributed by atoms with van der Waals surface area (Å²) in [7, 11) is 0. The molecule has 1 saturated heterocycles. The zero-order chi connectivity index (χ0) is 31.6. The van der Waals surface area contributed by atoms with Crippen molar-refractivity contribution in [2.45, 2.75) is 127 Å². The summed E-state index contributed by atoms with van der Waals surface area (Å²) in [5, 5.41) is 45.9. The van der Waals surface area contributed by atoms with Crippen LogP contribution in [0.25, 0.3) is 0 Å². The molecule has 10 nitrogen and oxygen atoms in total. The van der Waals surface area contributed by atoms with Gasteiger partial charge in [-0.2, -0.15) is 0 Å². The standard InChI is InChI=1S/C35H48N2O8/c1-21-31(40)28(38)16-30(44-21)45-24-6-11-33(20-36-18-23-5-3-4-14-37-23)26-7-10-32(2)25(22-15-29(39)43-19-22)9-13-35(32,42)27(26)8-12-34(33,41)17-24/h3-5,14-15,20-21,24-28,30-31,38,40-42H,6-13,16-19H2,1-2H3/t21-,24+,25+,26-,27+,28-,30+,31-,32-,33+,34-,35+/m1/s1. The quantitative estimate of drug-likeness (QED) is 0.212. The smallest absolute Gasteiger partial charge is 0.331 e. The Morgan fingerprint density at radius 3 is 2.64 bits per heavy atom. The van der Waals surface area contributed by atoms with Crippen molar-refractivity contribution in [3.8, 4) is 0 Å². The number of aliphatic imine (C=N–C) groups is 1. The summed E-state index contributed by atoms with van der Waals surface area (Å²) in [6.07, 6.45) is 8.31. The number of hydrogen-bond donors (Lipinski definition) is 4. The Labute approximate surface area is 264 Å². The van der Waals surface area contributed by atoms with E-state index in [4.69, 9.17) is 19.2 Å². The minimum absolute atomic E-state index is 0.0157. The van der Waals surface area contributed by atoms with Gasteiger partial charge >= 0.3 is 5.97 Å². The zero-order valence-electron chi connectivity index (χ0n) is 26.4. The molecule has 4 N–H and O–H groups in total. The molecule has 2 aliphatic heterocycles. The zero-order valence-corrected chi connectivity index (χ0v) is 26.4. The molecule has 5 fully saturated rings. The van der Waals surface area contributed by atoms with Crippen LogP contribution < -0.4 is 0 Å². The summed E-state index contributed by atoms with van der Waals surface area (Å²) in [5.74, 6) is -0.181. The molecule has 7 rings (SSSR count). The average Bonchev–Trinajstić information content (AvgIpc) is 3.56. The minimum Gasteiger partial charge on any atom is -0.458 e. The van der Waals surface area contributed by atoms with E-state index in [-0.39, 0.29) is 41.7 Å². The van der Waals surface area contributed by atoms with Crippen molar-refractivity contribution >= 4 is 12.2 Å². The van der Waals surface area contributed by atoms with Gasteiger partial charge in [0.05, 0.1) is 41.8 Å². The lowest BCUT2D eigenvalue weighted by molar-refractivity contribution is -0.282. The van der Waals surface area contributed by atoms with Crippen molar-refractivity contribution in [2.24, 2.45) is 33.6 Å². The first kappa shape index (κ1) is 31.4. The second-order valence-corrected chi connectivity index (χ2v) is 15.0. The van der Waals surface area contributed by atoms with Gasteiger partial charge in [-0.25, -0.2) is 4.79 Å². The van der Waals surface area contributed by atoms with Gasteiger partial charge in [0.1, 0.15) is 12.7 Å². The number of ether oxygens (including phenoxy) is 3. The first-order chi connectivity index (χ1) is 21.5. The summed E-state index contributed by atoms with van der Waals surface area (Å²) < 4.78 is 17.5. The van der Waals surface area contributed by atoms with Crippen molar-refractivity contribution in [1.29, 1.82) is 0 Å². The molecule has 3 heterocycles. The summed E-state index contributed by atoms with van der Waals surface area (Å²) in [4.78, 5) is 21.4. The molecular formula is C35H48N2O8. The fourth-order valence-electron chi connectivity index (χ4n) is 10.6. The number of carbonyl (C=O) groups is 1. The van der Waals surface area contributed by atoms with Crippen LogP contribution in [0.5, 0.6) is 0 Å². The predicted octanol–water partition coefficient (Wildman–Crippen LogP) is 3.25. The van der Waals surface area contributed by atoms with E-state index in [1.165, 1.54) is 0 Å². The van der Waals surface area contributed by atoms with E-state index in [0.29, 0.717) is 51.7 Å². The molecule has 4 aliphatic carbocycles. The van der Waals surface area contributed by atoms with Gasteiger partial charge in [-0.3, -0.25) is 9.98 Å².